The maximum Gasteiger partial charge on any atom is 0.366 e. The standard InChI is InChI=1S/C14H14O3.C6H10O3.H4N2/c1-14(15,16-12-8-4-2-5-9-12)17-13-10-6-3-7-11-13;1(5-3-8-5)7-2-6-4-9-6;1-2/h2-11,15H,1H3;5-6H,1-4H2;1-2H2. The van der Waals surface area contributed by atoms with E-state index in [1.165, 1.54) is 6.92 Å². The summed E-state index contributed by atoms with van der Waals surface area (Å²) in [6, 6.07) is 18.1. The molecule has 0 bridgehead atoms. The van der Waals surface area contributed by atoms with Crippen LogP contribution in [0.15, 0.2) is 60.7 Å². The van der Waals surface area contributed by atoms with Crippen molar-refractivity contribution in [3.8, 4) is 11.5 Å². The summed E-state index contributed by atoms with van der Waals surface area (Å²) in [7, 11) is 0. The zero-order valence-corrected chi connectivity index (χ0v) is 15.9. The molecular weight excluding hydrogens is 364 g/mol. The minimum absolute atomic E-state index is 0.392. The number of hydrogen-bond donors (Lipinski definition) is 3. The summed E-state index contributed by atoms with van der Waals surface area (Å²) < 4.78 is 25.8. The Morgan fingerprint density at radius 2 is 1.21 bits per heavy atom. The molecule has 2 aliphatic rings. The number of para-hydroxylation sites is 2. The molecule has 2 fully saturated rings. The lowest BCUT2D eigenvalue weighted by Gasteiger charge is -2.25. The van der Waals surface area contributed by atoms with Gasteiger partial charge in [-0.25, -0.2) is 0 Å². The molecule has 2 aliphatic heterocycles. The van der Waals surface area contributed by atoms with Gasteiger partial charge in [-0.3, -0.25) is 11.7 Å². The number of epoxide rings is 2. The second kappa shape index (κ2) is 11.6. The van der Waals surface area contributed by atoms with Crippen molar-refractivity contribution in [3.05, 3.63) is 60.7 Å². The third kappa shape index (κ3) is 9.65. The van der Waals surface area contributed by atoms with Gasteiger partial charge < -0.3 is 28.8 Å². The van der Waals surface area contributed by atoms with Crippen molar-refractivity contribution in [2.24, 2.45) is 11.7 Å². The smallest absolute Gasteiger partial charge is 0.366 e. The van der Waals surface area contributed by atoms with Crippen LogP contribution in [0.25, 0.3) is 0 Å². The van der Waals surface area contributed by atoms with Crippen LogP contribution in [0.5, 0.6) is 11.5 Å². The van der Waals surface area contributed by atoms with Crippen LogP contribution in [-0.2, 0) is 14.2 Å². The van der Waals surface area contributed by atoms with E-state index >= 15 is 0 Å². The van der Waals surface area contributed by atoms with E-state index in [1.807, 2.05) is 36.4 Å². The van der Waals surface area contributed by atoms with Crippen molar-refractivity contribution in [2.45, 2.75) is 25.1 Å². The van der Waals surface area contributed by atoms with E-state index < -0.39 is 5.97 Å². The molecule has 2 atom stereocenters. The molecule has 0 amide bonds. The zero-order chi connectivity index (χ0) is 20.2. The van der Waals surface area contributed by atoms with Gasteiger partial charge in [0, 0.05) is 6.92 Å². The molecule has 2 aromatic rings. The first kappa shape index (κ1) is 22.1. The predicted molar refractivity (Wildman–Crippen MR) is 103 cm³/mol. The van der Waals surface area contributed by atoms with Crippen LogP contribution < -0.4 is 21.2 Å². The Morgan fingerprint density at radius 1 is 0.857 bits per heavy atom. The molecule has 154 valence electrons. The monoisotopic (exact) mass is 392 g/mol. The molecule has 28 heavy (non-hydrogen) atoms. The summed E-state index contributed by atoms with van der Waals surface area (Å²) in [5.74, 6) is 7.41. The van der Waals surface area contributed by atoms with E-state index in [0.29, 0.717) is 23.7 Å². The summed E-state index contributed by atoms with van der Waals surface area (Å²) >= 11 is 0. The molecule has 2 saturated heterocycles. The van der Waals surface area contributed by atoms with Crippen LogP contribution in [0.4, 0.5) is 0 Å². The van der Waals surface area contributed by atoms with Gasteiger partial charge >= 0.3 is 5.97 Å². The molecule has 2 heterocycles. The fourth-order valence-electron chi connectivity index (χ4n) is 2.09. The first-order chi connectivity index (χ1) is 13.6. The van der Waals surface area contributed by atoms with Gasteiger partial charge in [0.15, 0.2) is 0 Å². The lowest BCUT2D eigenvalue weighted by atomic mass is 10.3. The van der Waals surface area contributed by atoms with E-state index in [2.05, 4.69) is 11.7 Å². The Kier molecular flexibility index (Phi) is 9.15. The highest BCUT2D eigenvalue weighted by Gasteiger charge is 2.26. The van der Waals surface area contributed by atoms with Gasteiger partial charge in [0.1, 0.15) is 23.7 Å². The maximum absolute atomic E-state index is 9.98. The lowest BCUT2D eigenvalue weighted by Crippen LogP contribution is -2.38. The number of benzene rings is 2. The van der Waals surface area contributed by atoms with Crippen molar-refractivity contribution in [1.82, 2.24) is 0 Å². The minimum Gasteiger partial charge on any atom is -0.430 e. The van der Waals surface area contributed by atoms with Crippen molar-refractivity contribution in [2.75, 3.05) is 26.4 Å². The quantitative estimate of drug-likeness (QED) is 0.267. The van der Waals surface area contributed by atoms with Gasteiger partial charge in [-0.2, -0.15) is 0 Å². The number of hydrazine groups is 1. The Bertz CT molecular complexity index is 593. The van der Waals surface area contributed by atoms with E-state index in [-0.39, 0.29) is 0 Å². The van der Waals surface area contributed by atoms with E-state index in [4.69, 9.17) is 23.7 Å². The summed E-state index contributed by atoms with van der Waals surface area (Å²) in [5, 5.41) is 9.98. The van der Waals surface area contributed by atoms with Gasteiger partial charge in [-0.15, -0.1) is 0 Å². The summed E-state index contributed by atoms with van der Waals surface area (Å²) in [6.07, 6.45) is 0.785. The summed E-state index contributed by atoms with van der Waals surface area (Å²) in [4.78, 5) is 0. The largest absolute Gasteiger partial charge is 0.430 e. The molecule has 4 rings (SSSR count). The average molecular weight is 392 g/mol. The van der Waals surface area contributed by atoms with Gasteiger partial charge in [0.25, 0.3) is 0 Å². The highest BCUT2D eigenvalue weighted by atomic mass is 16.8. The Hall–Kier alpha value is -2.20. The second-order valence-corrected chi connectivity index (χ2v) is 6.18. The van der Waals surface area contributed by atoms with Gasteiger partial charge in [-0.05, 0) is 24.3 Å². The number of ether oxygens (including phenoxy) is 5. The van der Waals surface area contributed by atoms with Crippen molar-refractivity contribution in [1.29, 1.82) is 0 Å². The fraction of sp³-hybridized carbons (Fsp3) is 0.400. The van der Waals surface area contributed by atoms with Gasteiger partial charge in [0.05, 0.1) is 26.4 Å². The van der Waals surface area contributed by atoms with E-state index in [0.717, 1.165) is 26.4 Å². The van der Waals surface area contributed by atoms with Crippen LogP contribution in [0.1, 0.15) is 6.92 Å². The molecule has 2 aromatic carbocycles. The molecule has 8 heteroatoms. The number of hydrogen-bond acceptors (Lipinski definition) is 8. The average Bonchev–Trinajstić information content (AvgIpc) is 3.61. The fourth-order valence-corrected chi connectivity index (χ4v) is 2.09. The predicted octanol–water partition coefficient (Wildman–Crippen LogP) is 1.43. The minimum atomic E-state index is -1.69. The first-order valence-electron chi connectivity index (χ1n) is 8.95. The van der Waals surface area contributed by atoms with Crippen LogP contribution in [-0.4, -0.2) is 49.7 Å². The highest BCUT2D eigenvalue weighted by molar-refractivity contribution is 5.23. The molecular formula is C20H28N2O6. The Labute approximate surface area is 164 Å². The van der Waals surface area contributed by atoms with E-state index in [9.17, 15) is 5.11 Å². The topological polar surface area (TPSA) is 125 Å². The Balaban J connectivity index is 0.000000213. The lowest BCUT2D eigenvalue weighted by molar-refractivity contribution is -0.258. The second-order valence-electron chi connectivity index (χ2n) is 6.18. The molecule has 0 aliphatic carbocycles. The number of rotatable bonds is 8. The van der Waals surface area contributed by atoms with Crippen molar-refractivity contribution in [3.63, 3.8) is 0 Å². The zero-order valence-electron chi connectivity index (χ0n) is 15.9. The number of nitrogens with two attached hydrogens (primary N) is 2. The molecule has 0 saturated carbocycles. The van der Waals surface area contributed by atoms with Crippen LogP contribution in [0, 0.1) is 0 Å². The molecule has 0 spiro atoms. The first-order valence-corrected chi connectivity index (χ1v) is 8.95. The third-order valence-electron chi connectivity index (χ3n) is 3.51. The van der Waals surface area contributed by atoms with Crippen LogP contribution >= 0.6 is 0 Å². The molecule has 2 unspecified atom stereocenters. The van der Waals surface area contributed by atoms with Crippen LogP contribution in [0.2, 0.25) is 0 Å². The normalized spacial score (nSPS) is 19.3. The Morgan fingerprint density at radius 3 is 1.54 bits per heavy atom. The third-order valence-corrected chi connectivity index (χ3v) is 3.51. The molecule has 5 N–H and O–H groups in total. The summed E-state index contributed by atoms with van der Waals surface area (Å²) in [6.45, 7) is 4.71. The van der Waals surface area contributed by atoms with Crippen molar-refractivity contribution < 1.29 is 28.8 Å². The molecule has 0 radical (unpaired) electrons. The summed E-state index contributed by atoms with van der Waals surface area (Å²) in [5.41, 5.74) is 0. The molecule has 8 nitrogen and oxygen atoms in total. The SMILES string of the molecule is C(OCC1CO1)C1CO1.CC(O)(Oc1ccccc1)Oc1ccccc1.NN. The van der Waals surface area contributed by atoms with Crippen molar-refractivity contribution >= 4 is 0 Å². The van der Waals surface area contributed by atoms with E-state index in [1.54, 1.807) is 24.3 Å². The molecule has 0 aromatic heterocycles. The van der Waals surface area contributed by atoms with Gasteiger partial charge in [-0.1, -0.05) is 36.4 Å². The maximum atomic E-state index is 9.98. The van der Waals surface area contributed by atoms with Crippen LogP contribution in [0.3, 0.4) is 0 Å². The number of aliphatic hydroxyl groups is 1. The van der Waals surface area contributed by atoms with Gasteiger partial charge in [0.2, 0.25) is 0 Å². The highest BCUT2D eigenvalue weighted by Crippen LogP contribution is 2.20.